The Labute approximate surface area is 122 Å². The largest absolute Gasteiger partial charge is 0.324 e. The van der Waals surface area contributed by atoms with Crippen molar-refractivity contribution in [2.75, 3.05) is 18.1 Å². The smallest absolute Gasteiger partial charge is 0.233 e. The van der Waals surface area contributed by atoms with Crippen LogP contribution in [-0.2, 0) is 4.79 Å². The van der Waals surface area contributed by atoms with Gasteiger partial charge in [0.15, 0.2) is 0 Å². The Morgan fingerprint density at radius 1 is 1.50 bits per heavy atom. The van der Waals surface area contributed by atoms with Crippen LogP contribution in [0.2, 0.25) is 0 Å². The SMILES string of the molecule is CC(C)(C)SCCN1C(=O)CSC1c1cccs1. The summed E-state index contributed by atoms with van der Waals surface area (Å²) in [6.45, 7) is 7.51. The highest BCUT2D eigenvalue weighted by Gasteiger charge is 2.33. The van der Waals surface area contributed by atoms with Gasteiger partial charge in [0.05, 0.1) is 5.75 Å². The number of hydrogen-bond acceptors (Lipinski definition) is 4. The van der Waals surface area contributed by atoms with Crippen LogP contribution < -0.4 is 0 Å². The van der Waals surface area contributed by atoms with Crippen LogP contribution in [0, 0.1) is 0 Å². The number of amides is 1. The third-order valence-electron chi connectivity index (χ3n) is 2.62. The maximum atomic E-state index is 11.9. The molecule has 0 radical (unpaired) electrons. The topological polar surface area (TPSA) is 20.3 Å². The standard InChI is InChI=1S/C13H19NOS3/c1-13(2,3)18-8-6-14-11(15)9-17-12(14)10-5-4-7-16-10/h4-5,7,12H,6,8-9H2,1-3H3. The van der Waals surface area contributed by atoms with Crippen molar-refractivity contribution >= 4 is 40.8 Å². The molecule has 0 aliphatic carbocycles. The molecule has 0 saturated carbocycles. The van der Waals surface area contributed by atoms with Crippen LogP contribution >= 0.6 is 34.9 Å². The van der Waals surface area contributed by atoms with E-state index in [-0.39, 0.29) is 16.0 Å². The third kappa shape index (κ3) is 3.68. The lowest BCUT2D eigenvalue weighted by Crippen LogP contribution is -2.30. The first-order chi connectivity index (χ1) is 8.47. The van der Waals surface area contributed by atoms with Gasteiger partial charge < -0.3 is 4.90 Å². The van der Waals surface area contributed by atoms with Gasteiger partial charge in [-0.25, -0.2) is 0 Å². The molecule has 1 unspecified atom stereocenters. The minimum atomic E-state index is 0.248. The van der Waals surface area contributed by atoms with Crippen LogP contribution in [0.3, 0.4) is 0 Å². The molecule has 2 rings (SSSR count). The number of thioether (sulfide) groups is 2. The Kier molecular flexibility index (Phi) is 4.67. The maximum absolute atomic E-state index is 11.9. The number of carbonyl (C=O) groups is 1. The fourth-order valence-corrected chi connectivity index (χ4v) is 4.91. The Bertz CT molecular complexity index is 397. The Hall–Kier alpha value is -0.130. The zero-order valence-corrected chi connectivity index (χ0v) is 13.5. The highest BCUT2D eigenvalue weighted by molar-refractivity contribution is 8.01. The van der Waals surface area contributed by atoms with E-state index >= 15 is 0 Å². The molecule has 2 nitrogen and oxygen atoms in total. The van der Waals surface area contributed by atoms with Crippen LogP contribution in [0.1, 0.15) is 31.0 Å². The predicted molar refractivity (Wildman–Crippen MR) is 83.4 cm³/mol. The summed E-state index contributed by atoms with van der Waals surface area (Å²) in [7, 11) is 0. The van der Waals surface area contributed by atoms with E-state index in [1.54, 1.807) is 23.1 Å². The number of nitrogens with zero attached hydrogens (tertiary/aromatic N) is 1. The van der Waals surface area contributed by atoms with Crippen molar-refractivity contribution in [2.45, 2.75) is 30.9 Å². The molecule has 1 aliphatic rings. The van der Waals surface area contributed by atoms with Crippen molar-refractivity contribution in [2.24, 2.45) is 0 Å². The minimum absolute atomic E-state index is 0.248. The molecule has 100 valence electrons. The summed E-state index contributed by atoms with van der Waals surface area (Å²) in [6.07, 6.45) is 0. The summed E-state index contributed by atoms with van der Waals surface area (Å²) in [4.78, 5) is 15.3. The molecule has 1 amide bonds. The van der Waals surface area contributed by atoms with E-state index in [2.05, 4.69) is 38.3 Å². The molecule has 0 bridgehead atoms. The average molecular weight is 302 g/mol. The van der Waals surface area contributed by atoms with Gasteiger partial charge in [-0.15, -0.1) is 23.1 Å². The van der Waals surface area contributed by atoms with Crippen molar-refractivity contribution in [1.29, 1.82) is 0 Å². The molecule has 18 heavy (non-hydrogen) atoms. The van der Waals surface area contributed by atoms with E-state index in [4.69, 9.17) is 0 Å². The summed E-state index contributed by atoms with van der Waals surface area (Å²) in [5, 5.41) is 2.33. The van der Waals surface area contributed by atoms with E-state index in [1.807, 2.05) is 16.7 Å². The summed E-state index contributed by atoms with van der Waals surface area (Å²) in [5.74, 6) is 1.92. The van der Waals surface area contributed by atoms with Crippen LogP contribution in [-0.4, -0.2) is 33.6 Å². The fraction of sp³-hybridized carbons (Fsp3) is 0.615. The second-order valence-electron chi connectivity index (χ2n) is 5.23. The number of rotatable bonds is 4. The van der Waals surface area contributed by atoms with Gasteiger partial charge in [0.25, 0.3) is 0 Å². The van der Waals surface area contributed by atoms with Crippen LogP contribution in [0.5, 0.6) is 0 Å². The minimum Gasteiger partial charge on any atom is -0.324 e. The molecule has 2 heterocycles. The highest BCUT2D eigenvalue weighted by Crippen LogP contribution is 2.40. The number of carbonyl (C=O) groups excluding carboxylic acids is 1. The first kappa shape index (κ1) is 14.3. The van der Waals surface area contributed by atoms with Gasteiger partial charge in [-0.2, -0.15) is 11.8 Å². The van der Waals surface area contributed by atoms with Crippen molar-refractivity contribution in [3.05, 3.63) is 22.4 Å². The van der Waals surface area contributed by atoms with Gasteiger partial charge in [0.1, 0.15) is 5.37 Å². The van der Waals surface area contributed by atoms with Crippen molar-refractivity contribution in [1.82, 2.24) is 4.90 Å². The average Bonchev–Trinajstić information content (AvgIpc) is 2.87. The molecule has 1 aliphatic heterocycles. The summed E-state index contributed by atoms with van der Waals surface area (Å²) < 4.78 is 0.272. The lowest BCUT2D eigenvalue weighted by atomic mass is 10.3. The molecule has 1 aromatic heterocycles. The Morgan fingerprint density at radius 3 is 2.89 bits per heavy atom. The Morgan fingerprint density at radius 2 is 2.28 bits per heavy atom. The molecule has 1 aromatic rings. The number of thiophene rings is 1. The lowest BCUT2D eigenvalue weighted by Gasteiger charge is -2.25. The Balaban J connectivity index is 1.94. The van der Waals surface area contributed by atoms with Crippen LogP contribution in [0.15, 0.2) is 17.5 Å². The lowest BCUT2D eigenvalue weighted by molar-refractivity contribution is -0.127. The van der Waals surface area contributed by atoms with E-state index in [1.165, 1.54) is 4.88 Å². The van der Waals surface area contributed by atoms with Gasteiger partial charge in [-0.1, -0.05) is 26.8 Å². The first-order valence-corrected chi connectivity index (χ1v) is 8.97. The van der Waals surface area contributed by atoms with E-state index in [0.29, 0.717) is 5.75 Å². The first-order valence-electron chi connectivity index (χ1n) is 6.06. The van der Waals surface area contributed by atoms with Gasteiger partial charge in [-0.3, -0.25) is 4.79 Å². The zero-order chi connectivity index (χ0) is 13.2. The molecular weight excluding hydrogens is 282 g/mol. The quantitative estimate of drug-likeness (QED) is 0.842. The second kappa shape index (κ2) is 5.88. The maximum Gasteiger partial charge on any atom is 0.233 e. The zero-order valence-electron chi connectivity index (χ0n) is 11.0. The molecule has 0 spiro atoms. The summed E-state index contributed by atoms with van der Waals surface area (Å²) in [5.41, 5.74) is 0. The molecule has 5 heteroatoms. The third-order valence-corrected chi connectivity index (χ3v) is 6.19. The van der Waals surface area contributed by atoms with Crippen LogP contribution in [0.4, 0.5) is 0 Å². The summed E-state index contributed by atoms with van der Waals surface area (Å²) in [6, 6.07) is 4.19. The van der Waals surface area contributed by atoms with E-state index < -0.39 is 0 Å². The van der Waals surface area contributed by atoms with Crippen molar-refractivity contribution in [3.63, 3.8) is 0 Å². The molecule has 1 atom stereocenters. The van der Waals surface area contributed by atoms with Gasteiger partial charge in [0, 0.05) is 21.9 Å². The molecule has 0 aromatic carbocycles. The van der Waals surface area contributed by atoms with Gasteiger partial charge >= 0.3 is 0 Å². The molecular formula is C13H19NOS3. The second-order valence-corrected chi connectivity index (χ2v) is 9.20. The molecule has 1 saturated heterocycles. The van der Waals surface area contributed by atoms with Crippen molar-refractivity contribution in [3.8, 4) is 0 Å². The van der Waals surface area contributed by atoms with E-state index in [0.717, 1.165) is 12.3 Å². The monoisotopic (exact) mass is 301 g/mol. The molecule has 1 fully saturated rings. The van der Waals surface area contributed by atoms with Crippen LogP contribution in [0.25, 0.3) is 0 Å². The van der Waals surface area contributed by atoms with Gasteiger partial charge in [-0.05, 0) is 11.4 Å². The normalized spacial score (nSPS) is 20.7. The van der Waals surface area contributed by atoms with E-state index in [9.17, 15) is 4.79 Å². The van der Waals surface area contributed by atoms with Gasteiger partial charge in [0.2, 0.25) is 5.91 Å². The highest BCUT2D eigenvalue weighted by atomic mass is 32.2. The number of hydrogen-bond donors (Lipinski definition) is 0. The molecule has 0 N–H and O–H groups in total. The predicted octanol–water partition coefficient (Wildman–Crippen LogP) is 3.85. The fourth-order valence-electron chi connectivity index (χ4n) is 1.81. The summed E-state index contributed by atoms with van der Waals surface area (Å²) >= 11 is 5.42. The van der Waals surface area contributed by atoms with Crippen molar-refractivity contribution < 1.29 is 4.79 Å².